The second kappa shape index (κ2) is 11.3. The summed E-state index contributed by atoms with van der Waals surface area (Å²) in [6.07, 6.45) is 3.81. The third-order valence-electron chi connectivity index (χ3n) is 6.23. The summed E-state index contributed by atoms with van der Waals surface area (Å²) in [6.45, 7) is 6.48. The molecule has 3 heterocycles. The number of methoxy groups -OCH3 is 1. The fraction of sp³-hybridized carbons (Fsp3) is 0.480. The monoisotopic (exact) mass is 436 g/mol. The topological polar surface area (TPSA) is 67.3 Å². The number of carbonyl (C=O) groups excluding carboxylic acids is 1. The fourth-order valence-electron chi connectivity index (χ4n) is 4.71. The quantitative estimate of drug-likeness (QED) is 0.342. The Labute approximate surface area is 190 Å². The molecule has 2 aliphatic rings. The van der Waals surface area contributed by atoms with Crippen LogP contribution in [0.1, 0.15) is 22.5 Å². The summed E-state index contributed by atoms with van der Waals surface area (Å²) in [5.74, 6) is 0.125. The first-order valence-electron chi connectivity index (χ1n) is 11.4. The van der Waals surface area contributed by atoms with Gasteiger partial charge < -0.3 is 19.4 Å². The number of hydrogen-bond acceptors (Lipinski definition) is 7. The molecular formula is C25H32N4O3. The molecule has 1 aromatic carbocycles. The van der Waals surface area contributed by atoms with Gasteiger partial charge in [0.05, 0.1) is 11.3 Å². The van der Waals surface area contributed by atoms with Crippen molar-refractivity contribution in [2.24, 2.45) is 17.0 Å². The molecule has 1 aromatic heterocycles. The number of nitrogens with zero attached hydrogens (tertiary/aromatic N) is 4. The lowest BCUT2D eigenvalue weighted by Crippen LogP contribution is -2.58. The smallest absolute Gasteiger partial charge is 0.365 e. The SMILES string of the molecule is COCCCN1CC2CN(CCc3ccccn3)CC(C1)C2=NOC(=O)c1ccccc1. The molecule has 0 amide bonds. The zero-order chi connectivity index (χ0) is 22.2. The lowest BCUT2D eigenvalue weighted by atomic mass is 9.82. The van der Waals surface area contributed by atoms with Crippen molar-refractivity contribution in [2.45, 2.75) is 12.8 Å². The molecule has 2 unspecified atom stereocenters. The average molecular weight is 437 g/mol. The number of oxime groups is 1. The molecule has 0 spiro atoms. The first kappa shape index (κ1) is 22.6. The number of piperidine rings is 2. The van der Waals surface area contributed by atoms with E-state index >= 15 is 0 Å². The summed E-state index contributed by atoms with van der Waals surface area (Å²) >= 11 is 0. The van der Waals surface area contributed by atoms with Crippen LogP contribution in [0.15, 0.2) is 59.9 Å². The van der Waals surface area contributed by atoms with Gasteiger partial charge in [-0.15, -0.1) is 0 Å². The van der Waals surface area contributed by atoms with Crippen LogP contribution in [0, 0.1) is 11.8 Å². The van der Waals surface area contributed by atoms with Gasteiger partial charge >= 0.3 is 5.97 Å². The molecular weight excluding hydrogens is 404 g/mol. The number of carbonyl (C=O) groups is 1. The Kier molecular flexibility index (Phi) is 7.98. The molecule has 2 saturated heterocycles. The number of pyridine rings is 1. The first-order valence-corrected chi connectivity index (χ1v) is 11.4. The minimum absolute atomic E-state index is 0.261. The van der Waals surface area contributed by atoms with Crippen LogP contribution >= 0.6 is 0 Å². The van der Waals surface area contributed by atoms with Crippen molar-refractivity contribution < 1.29 is 14.4 Å². The van der Waals surface area contributed by atoms with Gasteiger partial charge in [-0.25, -0.2) is 4.79 Å². The van der Waals surface area contributed by atoms with Crippen molar-refractivity contribution in [1.82, 2.24) is 14.8 Å². The second-order valence-electron chi connectivity index (χ2n) is 8.59. The maximum Gasteiger partial charge on any atom is 0.365 e. The zero-order valence-electron chi connectivity index (χ0n) is 18.7. The molecule has 7 nitrogen and oxygen atoms in total. The van der Waals surface area contributed by atoms with E-state index in [0.717, 1.165) is 70.1 Å². The Hall–Kier alpha value is -2.61. The molecule has 0 N–H and O–H groups in total. The minimum atomic E-state index is -0.397. The lowest BCUT2D eigenvalue weighted by molar-refractivity contribution is 0.0485. The molecule has 32 heavy (non-hydrogen) atoms. The Morgan fingerprint density at radius 2 is 1.69 bits per heavy atom. The second-order valence-corrected chi connectivity index (χ2v) is 8.59. The van der Waals surface area contributed by atoms with Crippen LogP contribution in [0.2, 0.25) is 0 Å². The predicted octanol–water partition coefficient (Wildman–Crippen LogP) is 2.74. The Morgan fingerprint density at radius 1 is 1.00 bits per heavy atom. The van der Waals surface area contributed by atoms with Gasteiger partial charge in [0.2, 0.25) is 0 Å². The van der Waals surface area contributed by atoms with Gasteiger partial charge in [-0.2, -0.15) is 0 Å². The number of hydrogen-bond donors (Lipinski definition) is 0. The number of aromatic nitrogens is 1. The van der Waals surface area contributed by atoms with E-state index in [-0.39, 0.29) is 11.8 Å². The van der Waals surface area contributed by atoms with E-state index in [2.05, 4.69) is 26.0 Å². The van der Waals surface area contributed by atoms with Gasteiger partial charge in [0.25, 0.3) is 0 Å². The van der Waals surface area contributed by atoms with E-state index in [9.17, 15) is 4.79 Å². The van der Waals surface area contributed by atoms with E-state index < -0.39 is 5.97 Å². The maximum absolute atomic E-state index is 12.4. The van der Waals surface area contributed by atoms with Crippen LogP contribution in [0.3, 0.4) is 0 Å². The van der Waals surface area contributed by atoms with Gasteiger partial charge in [0.1, 0.15) is 0 Å². The minimum Gasteiger partial charge on any atom is -0.385 e. The van der Waals surface area contributed by atoms with Crippen molar-refractivity contribution in [3.8, 4) is 0 Å². The number of fused-ring (bicyclic) bond motifs is 2. The van der Waals surface area contributed by atoms with Gasteiger partial charge in [0.15, 0.2) is 0 Å². The van der Waals surface area contributed by atoms with Crippen LogP contribution in [-0.4, -0.2) is 79.5 Å². The van der Waals surface area contributed by atoms with E-state index in [0.29, 0.717) is 5.56 Å². The van der Waals surface area contributed by atoms with Crippen LogP contribution < -0.4 is 0 Å². The van der Waals surface area contributed by atoms with E-state index in [4.69, 9.17) is 9.57 Å². The highest BCUT2D eigenvalue weighted by molar-refractivity contribution is 5.93. The molecule has 2 aliphatic heterocycles. The molecule has 2 aromatic rings. The standard InChI is InChI=1S/C25H32N4O3/c1-31-15-7-13-28-16-21-18-29(14-11-23-10-5-6-12-26-23)19-22(17-28)24(21)27-32-25(30)20-8-3-2-4-9-20/h2-6,8-10,12,21-22H,7,11,13-19H2,1H3. The molecule has 7 heteroatoms. The van der Waals surface area contributed by atoms with Crippen LogP contribution in [0.4, 0.5) is 0 Å². The summed E-state index contributed by atoms with van der Waals surface area (Å²) in [5, 5.41) is 4.40. The Bertz CT molecular complexity index is 873. The molecule has 0 radical (unpaired) electrons. The van der Waals surface area contributed by atoms with Crippen LogP contribution in [0.25, 0.3) is 0 Å². The Morgan fingerprint density at radius 3 is 2.34 bits per heavy atom. The van der Waals surface area contributed by atoms with Crippen molar-refractivity contribution in [1.29, 1.82) is 0 Å². The third kappa shape index (κ3) is 6.00. The van der Waals surface area contributed by atoms with E-state index in [1.807, 2.05) is 36.5 Å². The van der Waals surface area contributed by atoms with Crippen molar-refractivity contribution in [3.05, 3.63) is 66.0 Å². The predicted molar refractivity (Wildman–Crippen MR) is 124 cm³/mol. The highest BCUT2D eigenvalue weighted by atomic mass is 16.7. The average Bonchev–Trinajstić information content (AvgIpc) is 2.82. The van der Waals surface area contributed by atoms with Gasteiger partial charge in [-0.3, -0.25) is 4.98 Å². The number of benzene rings is 1. The van der Waals surface area contributed by atoms with Crippen molar-refractivity contribution in [3.63, 3.8) is 0 Å². The van der Waals surface area contributed by atoms with Crippen molar-refractivity contribution >= 4 is 11.7 Å². The lowest BCUT2D eigenvalue weighted by Gasteiger charge is -2.46. The fourth-order valence-corrected chi connectivity index (χ4v) is 4.71. The highest BCUT2D eigenvalue weighted by Gasteiger charge is 2.40. The summed E-state index contributed by atoms with van der Waals surface area (Å²) in [7, 11) is 1.75. The molecule has 0 saturated carbocycles. The number of rotatable bonds is 9. The first-order chi connectivity index (χ1) is 15.7. The third-order valence-corrected chi connectivity index (χ3v) is 6.23. The van der Waals surface area contributed by atoms with Gasteiger partial charge in [-0.1, -0.05) is 29.4 Å². The van der Waals surface area contributed by atoms with Crippen LogP contribution in [-0.2, 0) is 16.0 Å². The number of ether oxygens (including phenoxy) is 1. The molecule has 2 bridgehead atoms. The van der Waals surface area contributed by atoms with Gasteiger partial charge in [-0.05, 0) is 30.7 Å². The summed E-state index contributed by atoms with van der Waals surface area (Å²) in [6, 6.07) is 15.1. The van der Waals surface area contributed by atoms with E-state index in [1.54, 1.807) is 19.2 Å². The molecule has 2 fully saturated rings. The molecule has 170 valence electrons. The summed E-state index contributed by atoms with van der Waals surface area (Å²) in [5.41, 5.74) is 2.68. The summed E-state index contributed by atoms with van der Waals surface area (Å²) in [4.78, 5) is 27.2. The van der Waals surface area contributed by atoms with Crippen LogP contribution in [0.5, 0.6) is 0 Å². The number of likely N-dealkylation sites (tertiary alicyclic amines) is 2. The molecule has 2 atom stereocenters. The molecule has 4 rings (SSSR count). The summed E-state index contributed by atoms with van der Waals surface area (Å²) < 4.78 is 5.22. The normalized spacial score (nSPS) is 21.3. The van der Waals surface area contributed by atoms with Gasteiger partial charge in [0, 0.05) is 83.1 Å². The maximum atomic E-state index is 12.4. The largest absolute Gasteiger partial charge is 0.385 e. The van der Waals surface area contributed by atoms with E-state index in [1.165, 1.54) is 0 Å². The zero-order valence-corrected chi connectivity index (χ0v) is 18.7. The highest BCUT2D eigenvalue weighted by Crippen LogP contribution is 2.27. The Balaban J connectivity index is 1.41. The molecule has 0 aliphatic carbocycles. The van der Waals surface area contributed by atoms with Crippen molar-refractivity contribution in [2.75, 3.05) is 53.0 Å².